The van der Waals surface area contributed by atoms with Crippen molar-refractivity contribution in [3.63, 3.8) is 0 Å². The van der Waals surface area contributed by atoms with Crippen molar-refractivity contribution >= 4 is 28.2 Å². The van der Waals surface area contributed by atoms with E-state index in [0.29, 0.717) is 22.4 Å². The zero-order valence-electron chi connectivity index (χ0n) is 20.8. The van der Waals surface area contributed by atoms with Gasteiger partial charge < -0.3 is 4.90 Å². The number of rotatable bonds is 3. The molecule has 0 aliphatic carbocycles. The molecule has 40 heavy (non-hydrogen) atoms. The predicted molar refractivity (Wildman–Crippen MR) is 145 cm³/mol. The molecule has 0 spiro atoms. The van der Waals surface area contributed by atoms with Crippen molar-refractivity contribution in [1.82, 2.24) is 0 Å². The summed E-state index contributed by atoms with van der Waals surface area (Å²) in [4.78, 5) is 1.60. The van der Waals surface area contributed by atoms with Crippen LogP contribution in [0.3, 0.4) is 0 Å². The van der Waals surface area contributed by atoms with E-state index in [1.54, 1.807) is 35.2 Å². The summed E-state index contributed by atoms with van der Waals surface area (Å²) >= 11 is 0. The molecule has 0 saturated heterocycles. The molecule has 0 atom stereocenters. The van der Waals surface area contributed by atoms with Gasteiger partial charge >= 0.3 is 12.4 Å². The van der Waals surface area contributed by atoms with Gasteiger partial charge in [-0.25, -0.2) is 0 Å². The molecule has 0 unspecified atom stereocenters. The molecule has 1 heterocycles. The van der Waals surface area contributed by atoms with Crippen LogP contribution >= 0.6 is 0 Å². The highest BCUT2D eigenvalue weighted by atomic mass is 19.4. The lowest BCUT2D eigenvalue weighted by molar-refractivity contribution is -0.143. The summed E-state index contributed by atoms with van der Waals surface area (Å²) < 4.78 is 84.3. The van der Waals surface area contributed by atoms with E-state index in [1.807, 2.05) is 78.9 Å². The average molecular weight is 546 g/mol. The summed E-state index contributed by atoms with van der Waals surface area (Å²) in [5.41, 5.74) is -1.67. The van der Waals surface area contributed by atoms with Gasteiger partial charge in [0.15, 0.2) is 0 Å². The minimum Gasteiger partial charge on any atom is -0.323 e. The molecule has 1 aliphatic heterocycles. The Morgan fingerprint density at radius 1 is 0.550 bits per heavy atom. The first-order valence-electron chi connectivity index (χ1n) is 12.5. The van der Waals surface area contributed by atoms with Crippen molar-refractivity contribution in [1.29, 1.82) is 0 Å². The van der Waals surface area contributed by atoms with Crippen LogP contribution in [0.25, 0.3) is 16.8 Å². The predicted octanol–water partition coefficient (Wildman–Crippen LogP) is 9.99. The fraction of sp³-hybridized carbons (Fsp3) is 0.0909. The summed E-state index contributed by atoms with van der Waals surface area (Å²) in [5.74, 6) is 0. The van der Waals surface area contributed by atoms with Crippen LogP contribution < -0.4 is 4.90 Å². The highest BCUT2D eigenvalue weighted by Crippen LogP contribution is 2.52. The van der Waals surface area contributed by atoms with Crippen molar-refractivity contribution in [3.8, 4) is 0 Å². The third kappa shape index (κ3) is 4.22. The van der Waals surface area contributed by atoms with E-state index in [-0.39, 0.29) is 11.8 Å². The van der Waals surface area contributed by atoms with Gasteiger partial charge in [0.2, 0.25) is 0 Å². The first kappa shape index (κ1) is 25.7. The van der Waals surface area contributed by atoms with Crippen LogP contribution in [-0.2, 0) is 17.9 Å². The van der Waals surface area contributed by atoms with E-state index < -0.39 is 29.0 Å². The molecule has 0 bridgehead atoms. The molecule has 0 fully saturated rings. The number of benzene rings is 5. The Hall–Kier alpha value is -4.52. The van der Waals surface area contributed by atoms with Crippen LogP contribution in [0.1, 0.15) is 27.8 Å². The van der Waals surface area contributed by atoms with Crippen molar-refractivity contribution in [3.05, 3.63) is 149 Å². The summed E-state index contributed by atoms with van der Waals surface area (Å²) in [6, 6.07) is 31.0. The van der Waals surface area contributed by atoms with Crippen LogP contribution in [0.5, 0.6) is 0 Å². The smallest absolute Gasteiger partial charge is 0.323 e. The number of fused-ring (bicyclic) bond motifs is 3. The van der Waals surface area contributed by atoms with E-state index in [0.717, 1.165) is 22.9 Å². The molecule has 0 N–H and O–H groups in total. The molecular weight excluding hydrogens is 524 g/mol. The van der Waals surface area contributed by atoms with Crippen LogP contribution in [0.2, 0.25) is 0 Å². The van der Waals surface area contributed by atoms with Gasteiger partial charge in [-0.15, -0.1) is 0 Å². The minimum absolute atomic E-state index is 0.164. The van der Waals surface area contributed by atoms with Crippen molar-refractivity contribution in [2.24, 2.45) is 0 Å². The molecule has 0 radical (unpaired) electrons. The number of halogens is 6. The van der Waals surface area contributed by atoms with Crippen LogP contribution in [0.15, 0.2) is 121 Å². The maximum absolute atomic E-state index is 14.0. The zero-order valence-corrected chi connectivity index (χ0v) is 20.8. The van der Waals surface area contributed by atoms with Gasteiger partial charge in [0.05, 0.1) is 16.8 Å². The second-order valence-corrected chi connectivity index (χ2v) is 9.65. The number of alkyl halides is 6. The third-order valence-electron chi connectivity index (χ3n) is 7.29. The van der Waals surface area contributed by atoms with E-state index in [1.165, 1.54) is 0 Å². The van der Waals surface area contributed by atoms with Gasteiger partial charge in [-0.3, -0.25) is 0 Å². The van der Waals surface area contributed by atoms with Crippen LogP contribution in [-0.4, -0.2) is 0 Å². The SMILES string of the molecule is FC(F)(F)c1cc(N2c3ccc4ccccc4c3C=CC2(c2ccccc2)c2ccccc2)cc(C(F)(F)F)c1. The normalized spacial score (nSPS) is 14.8. The fourth-order valence-electron chi connectivity index (χ4n) is 5.53. The van der Waals surface area contributed by atoms with Crippen molar-refractivity contribution < 1.29 is 26.3 Å². The summed E-state index contributed by atoms with van der Waals surface area (Å²) in [5, 5.41) is 1.73. The standard InChI is InChI=1S/C33H21F6N/c34-32(35,36)25-19-26(33(37,38)39)21-27(20-25)40-30-16-15-22-9-7-8-14-28(22)29(30)17-18-31(40,23-10-3-1-4-11-23)24-12-5-2-6-13-24/h1-21H. The first-order chi connectivity index (χ1) is 19.1. The maximum atomic E-state index is 14.0. The number of nitrogens with zero attached hydrogens (tertiary/aromatic N) is 1. The fourth-order valence-corrected chi connectivity index (χ4v) is 5.53. The van der Waals surface area contributed by atoms with E-state index in [2.05, 4.69) is 0 Å². The Balaban J connectivity index is 1.76. The van der Waals surface area contributed by atoms with E-state index in [9.17, 15) is 26.3 Å². The Morgan fingerprint density at radius 3 is 1.62 bits per heavy atom. The molecule has 5 aromatic rings. The molecule has 0 saturated carbocycles. The summed E-state index contributed by atoms with van der Waals surface area (Å²) in [6.45, 7) is 0. The number of hydrogen-bond acceptors (Lipinski definition) is 1. The van der Waals surface area contributed by atoms with E-state index in [4.69, 9.17) is 0 Å². The monoisotopic (exact) mass is 545 g/mol. The van der Waals surface area contributed by atoms with Gasteiger partial charge in [-0.1, -0.05) is 97.1 Å². The third-order valence-corrected chi connectivity index (χ3v) is 7.29. The molecule has 1 nitrogen and oxygen atoms in total. The van der Waals surface area contributed by atoms with Gasteiger partial charge in [0.25, 0.3) is 0 Å². The molecule has 6 rings (SSSR count). The van der Waals surface area contributed by atoms with Gasteiger partial charge in [-0.2, -0.15) is 26.3 Å². The van der Waals surface area contributed by atoms with Crippen LogP contribution in [0.4, 0.5) is 37.7 Å². The summed E-state index contributed by atoms with van der Waals surface area (Å²) in [6.07, 6.45) is -6.21. The average Bonchev–Trinajstić information content (AvgIpc) is 2.96. The largest absolute Gasteiger partial charge is 0.416 e. The Labute approximate surface area is 226 Å². The molecule has 0 amide bonds. The Morgan fingerprint density at radius 2 is 1.07 bits per heavy atom. The van der Waals surface area contributed by atoms with Gasteiger partial charge in [0.1, 0.15) is 5.54 Å². The highest BCUT2D eigenvalue weighted by Gasteiger charge is 2.45. The molecule has 1 aliphatic rings. The zero-order chi connectivity index (χ0) is 28.1. The Kier molecular flexibility index (Phi) is 5.98. The lowest BCUT2D eigenvalue weighted by Crippen LogP contribution is -2.45. The number of anilines is 2. The Bertz CT molecular complexity index is 1650. The first-order valence-corrected chi connectivity index (χ1v) is 12.5. The second kappa shape index (κ2) is 9.30. The molecule has 0 aromatic heterocycles. The minimum atomic E-state index is -4.99. The summed E-state index contributed by atoms with van der Waals surface area (Å²) in [7, 11) is 0. The number of hydrogen-bond donors (Lipinski definition) is 0. The molecule has 7 heteroatoms. The quantitative estimate of drug-likeness (QED) is 0.204. The molecule has 200 valence electrons. The second-order valence-electron chi connectivity index (χ2n) is 9.65. The highest BCUT2D eigenvalue weighted by molar-refractivity contribution is 5.99. The van der Waals surface area contributed by atoms with Crippen molar-refractivity contribution in [2.75, 3.05) is 4.90 Å². The van der Waals surface area contributed by atoms with Gasteiger partial charge in [0, 0.05) is 11.3 Å². The van der Waals surface area contributed by atoms with Crippen LogP contribution in [0, 0.1) is 0 Å². The lowest BCUT2D eigenvalue weighted by Gasteiger charge is -2.47. The molecular formula is C33H21F6N. The maximum Gasteiger partial charge on any atom is 0.416 e. The topological polar surface area (TPSA) is 3.24 Å². The lowest BCUT2D eigenvalue weighted by atomic mass is 9.77. The van der Waals surface area contributed by atoms with Crippen molar-refractivity contribution in [2.45, 2.75) is 17.9 Å². The van der Waals surface area contributed by atoms with E-state index >= 15 is 0 Å². The van der Waals surface area contributed by atoms with Gasteiger partial charge in [-0.05, 0) is 52.2 Å². The molecule has 5 aromatic carbocycles.